The summed E-state index contributed by atoms with van der Waals surface area (Å²) in [5.74, 6) is 0.608. The number of nitrogens with zero attached hydrogens (tertiary/aromatic N) is 2. The lowest BCUT2D eigenvalue weighted by molar-refractivity contribution is -0.384. The fourth-order valence-electron chi connectivity index (χ4n) is 2.92. The van der Waals surface area contributed by atoms with Gasteiger partial charge in [-0.2, -0.15) is 5.10 Å². The largest absolute Gasteiger partial charge is 0.273 e. The van der Waals surface area contributed by atoms with Crippen molar-refractivity contribution in [3.8, 4) is 0 Å². The maximum absolute atomic E-state index is 11.9. The molecule has 1 amide bonds. The van der Waals surface area contributed by atoms with Crippen LogP contribution in [0, 0.1) is 16.0 Å². The summed E-state index contributed by atoms with van der Waals surface area (Å²) in [6.45, 7) is 2.21. The first-order valence-electron chi connectivity index (χ1n) is 8.16. The molecule has 0 aliphatic heterocycles. The van der Waals surface area contributed by atoms with Crippen molar-refractivity contribution in [3.63, 3.8) is 0 Å². The van der Waals surface area contributed by atoms with E-state index in [-0.39, 0.29) is 18.0 Å². The lowest BCUT2D eigenvalue weighted by Crippen LogP contribution is -2.23. The van der Waals surface area contributed by atoms with E-state index in [1.165, 1.54) is 25.0 Å². The van der Waals surface area contributed by atoms with Gasteiger partial charge in [0.15, 0.2) is 0 Å². The molecule has 0 spiro atoms. The van der Waals surface area contributed by atoms with Crippen LogP contribution in [0.4, 0.5) is 5.69 Å². The summed E-state index contributed by atoms with van der Waals surface area (Å²) in [6, 6.07) is 6.01. The highest BCUT2D eigenvalue weighted by Gasteiger charge is 2.17. The molecule has 1 saturated carbocycles. The number of carbonyl (C=O) groups excluding carboxylic acids is 1. The first-order valence-corrected chi connectivity index (χ1v) is 8.16. The maximum Gasteiger partial charge on any atom is 0.269 e. The first kappa shape index (κ1) is 17.1. The number of benzene rings is 1. The van der Waals surface area contributed by atoms with Crippen molar-refractivity contribution >= 4 is 17.3 Å². The third-order valence-corrected chi connectivity index (χ3v) is 4.23. The van der Waals surface area contributed by atoms with Crippen molar-refractivity contribution in [2.45, 2.75) is 51.9 Å². The van der Waals surface area contributed by atoms with Gasteiger partial charge in [-0.25, -0.2) is 5.43 Å². The Morgan fingerprint density at radius 2 is 1.96 bits per heavy atom. The Kier molecular flexibility index (Phi) is 6.26. The third-order valence-electron chi connectivity index (χ3n) is 4.23. The fraction of sp³-hybridized carbons (Fsp3) is 0.529. The number of non-ortho nitro benzene ring substituents is 1. The Labute approximate surface area is 136 Å². The number of hydrazone groups is 1. The van der Waals surface area contributed by atoms with E-state index in [2.05, 4.69) is 17.5 Å². The van der Waals surface area contributed by atoms with Gasteiger partial charge in [-0.1, -0.05) is 31.9 Å². The molecule has 1 aromatic carbocycles. The molecule has 1 aromatic rings. The Hall–Kier alpha value is -2.24. The molecule has 1 aliphatic rings. The molecule has 0 saturated heterocycles. The van der Waals surface area contributed by atoms with Crippen LogP contribution < -0.4 is 5.43 Å². The average molecular weight is 317 g/mol. The summed E-state index contributed by atoms with van der Waals surface area (Å²) < 4.78 is 0. The van der Waals surface area contributed by atoms with Gasteiger partial charge in [0.05, 0.1) is 11.3 Å². The Bertz CT molecular complexity index is 571. The molecule has 23 heavy (non-hydrogen) atoms. The zero-order chi connectivity index (χ0) is 16.7. The lowest BCUT2D eigenvalue weighted by atomic mass is 9.85. The fourth-order valence-corrected chi connectivity index (χ4v) is 2.92. The van der Waals surface area contributed by atoms with Crippen LogP contribution in [-0.2, 0) is 11.2 Å². The van der Waals surface area contributed by atoms with E-state index in [0.29, 0.717) is 0 Å². The zero-order valence-electron chi connectivity index (χ0n) is 13.5. The number of nitrogens with one attached hydrogen (secondary N) is 1. The number of amides is 1. The van der Waals surface area contributed by atoms with E-state index in [1.54, 1.807) is 12.1 Å². The van der Waals surface area contributed by atoms with Gasteiger partial charge in [0.2, 0.25) is 5.91 Å². The second-order valence-corrected chi connectivity index (χ2v) is 6.05. The standard InChI is InChI=1S/C17H23N3O3/c1-2-3-13-4-8-15(9-5-13)18-19-17(21)12-14-6-10-16(11-7-14)20(22)23/h6-7,10-11,13H,2-5,8-9,12H2,1H3,(H,19,21). The summed E-state index contributed by atoms with van der Waals surface area (Å²) >= 11 is 0. The topological polar surface area (TPSA) is 84.6 Å². The molecule has 0 aromatic heterocycles. The Morgan fingerprint density at radius 1 is 1.30 bits per heavy atom. The third kappa shape index (κ3) is 5.47. The predicted octanol–water partition coefficient (Wildman–Crippen LogP) is 3.60. The van der Waals surface area contributed by atoms with Crippen molar-refractivity contribution in [1.82, 2.24) is 5.43 Å². The minimum absolute atomic E-state index is 0.0261. The number of hydrogen-bond acceptors (Lipinski definition) is 4. The number of hydrogen-bond donors (Lipinski definition) is 1. The summed E-state index contributed by atoms with van der Waals surface area (Å²) in [6.07, 6.45) is 6.91. The molecule has 0 bridgehead atoms. The first-order chi connectivity index (χ1) is 11.1. The van der Waals surface area contributed by atoms with Crippen molar-refractivity contribution in [1.29, 1.82) is 0 Å². The van der Waals surface area contributed by atoms with Crippen LogP contribution in [0.25, 0.3) is 0 Å². The number of carbonyl (C=O) groups is 1. The van der Waals surface area contributed by atoms with Gasteiger partial charge < -0.3 is 0 Å². The van der Waals surface area contributed by atoms with Crippen molar-refractivity contribution in [2.75, 3.05) is 0 Å². The van der Waals surface area contributed by atoms with E-state index in [4.69, 9.17) is 0 Å². The van der Waals surface area contributed by atoms with Gasteiger partial charge in [0.1, 0.15) is 0 Å². The monoisotopic (exact) mass is 317 g/mol. The minimum Gasteiger partial charge on any atom is -0.273 e. The smallest absolute Gasteiger partial charge is 0.269 e. The molecule has 0 heterocycles. The molecular weight excluding hydrogens is 294 g/mol. The SMILES string of the molecule is CCCC1CCC(=NNC(=O)Cc2ccc([N+](=O)[O-])cc2)CC1. The van der Waals surface area contributed by atoms with E-state index < -0.39 is 4.92 Å². The van der Waals surface area contributed by atoms with Gasteiger partial charge in [0.25, 0.3) is 5.69 Å². The van der Waals surface area contributed by atoms with Gasteiger partial charge in [-0.3, -0.25) is 14.9 Å². The van der Waals surface area contributed by atoms with E-state index in [0.717, 1.165) is 42.9 Å². The normalized spacial score (nSPS) is 17.6. The molecule has 1 N–H and O–H groups in total. The van der Waals surface area contributed by atoms with Gasteiger partial charge in [-0.05, 0) is 37.2 Å². The van der Waals surface area contributed by atoms with Crippen LogP contribution in [0.2, 0.25) is 0 Å². The van der Waals surface area contributed by atoms with Gasteiger partial charge in [0, 0.05) is 17.8 Å². The number of rotatable bonds is 6. The summed E-state index contributed by atoms with van der Waals surface area (Å²) in [5, 5.41) is 14.8. The van der Waals surface area contributed by atoms with Crippen LogP contribution in [0.15, 0.2) is 29.4 Å². The summed E-state index contributed by atoms with van der Waals surface area (Å²) in [4.78, 5) is 22.0. The summed E-state index contributed by atoms with van der Waals surface area (Å²) in [7, 11) is 0. The number of nitro benzene ring substituents is 1. The quantitative estimate of drug-likeness (QED) is 0.642. The molecule has 124 valence electrons. The molecule has 1 fully saturated rings. The highest BCUT2D eigenvalue weighted by atomic mass is 16.6. The highest BCUT2D eigenvalue weighted by Crippen LogP contribution is 2.25. The van der Waals surface area contributed by atoms with Crippen molar-refractivity contribution in [2.24, 2.45) is 11.0 Å². The molecule has 1 aliphatic carbocycles. The molecule has 2 rings (SSSR count). The molecule has 6 heteroatoms. The van der Waals surface area contributed by atoms with E-state index in [9.17, 15) is 14.9 Å². The average Bonchev–Trinajstić information content (AvgIpc) is 2.55. The zero-order valence-corrected chi connectivity index (χ0v) is 13.5. The molecule has 0 radical (unpaired) electrons. The van der Waals surface area contributed by atoms with Crippen molar-refractivity contribution in [3.05, 3.63) is 39.9 Å². The minimum atomic E-state index is -0.454. The summed E-state index contributed by atoms with van der Waals surface area (Å²) in [5.41, 5.74) is 4.43. The van der Waals surface area contributed by atoms with Crippen LogP contribution in [0.3, 0.4) is 0 Å². The molecular formula is C17H23N3O3. The number of nitro groups is 1. The second kappa shape index (κ2) is 8.41. The van der Waals surface area contributed by atoms with Crippen LogP contribution in [0.1, 0.15) is 51.0 Å². The van der Waals surface area contributed by atoms with Crippen LogP contribution in [-0.4, -0.2) is 16.5 Å². The van der Waals surface area contributed by atoms with E-state index in [1.807, 2.05) is 0 Å². The van der Waals surface area contributed by atoms with Gasteiger partial charge in [-0.15, -0.1) is 0 Å². The maximum atomic E-state index is 11.9. The van der Waals surface area contributed by atoms with Gasteiger partial charge >= 0.3 is 0 Å². The molecule has 0 unspecified atom stereocenters. The van der Waals surface area contributed by atoms with E-state index >= 15 is 0 Å². The lowest BCUT2D eigenvalue weighted by Gasteiger charge is -2.22. The molecule has 6 nitrogen and oxygen atoms in total. The van der Waals surface area contributed by atoms with Crippen LogP contribution >= 0.6 is 0 Å². The predicted molar refractivity (Wildman–Crippen MR) is 89.2 cm³/mol. The highest BCUT2D eigenvalue weighted by molar-refractivity contribution is 5.87. The Balaban J connectivity index is 1.79. The van der Waals surface area contributed by atoms with Crippen molar-refractivity contribution < 1.29 is 9.72 Å². The van der Waals surface area contributed by atoms with Crippen LogP contribution in [0.5, 0.6) is 0 Å². The Morgan fingerprint density at radius 3 is 2.52 bits per heavy atom. The molecule has 0 atom stereocenters. The second-order valence-electron chi connectivity index (χ2n) is 6.05.